The van der Waals surface area contributed by atoms with E-state index in [-0.39, 0.29) is 0 Å². The molecule has 2 rings (SSSR count). The Balaban J connectivity index is 1.69. The lowest BCUT2D eigenvalue weighted by Gasteiger charge is -2.26. The topological polar surface area (TPSA) is 32.7 Å². The van der Waals surface area contributed by atoms with E-state index < -0.39 is 0 Å². The molecule has 82 valence electrons. The number of ether oxygens (including phenoxy) is 1. The van der Waals surface area contributed by atoms with Crippen molar-refractivity contribution in [1.29, 1.82) is 0 Å². The summed E-state index contributed by atoms with van der Waals surface area (Å²) < 4.78 is 5.35. The van der Waals surface area contributed by atoms with Crippen molar-refractivity contribution in [2.75, 3.05) is 39.5 Å². The largest absolute Gasteiger partial charge is 0.396 e. The Morgan fingerprint density at radius 3 is 2.57 bits per heavy atom. The van der Waals surface area contributed by atoms with Crippen LogP contribution in [0.5, 0.6) is 0 Å². The van der Waals surface area contributed by atoms with Crippen LogP contribution in [0.1, 0.15) is 19.3 Å². The van der Waals surface area contributed by atoms with E-state index in [0.29, 0.717) is 12.5 Å². The molecule has 1 unspecified atom stereocenters. The lowest BCUT2D eigenvalue weighted by molar-refractivity contribution is 0.0547. The molecule has 0 radical (unpaired) electrons. The fourth-order valence-corrected chi connectivity index (χ4v) is 2.52. The predicted molar refractivity (Wildman–Crippen MR) is 55.2 cm³/mol. The molecule has 2 aliphatic heterocycles. The molecule has 0 saturated carbocycles. The van der Waals surface area contributed by atoms with Crippen LogP contribution in [0.15, 0.2) is 0 Å². The van der Waals surface area contributed by atoms with Gasteiger partial charge >= 0.3 is 0 Å². The maximum atomic E-state index is 9.04. The Morgan fingerprint density at radius 2 is 1.93 bits per heavy atom. The summed E-state index contributed by atoms with van der Waals surface area (Å²) in [5, 5.41) is 9.04. The zero-order valence-electron chi connectivity index (χ0n) is 8.82. The summed E-state index contributed by atoms with van der Waals surface area (Å²) in [6.45, 7) is 5.77. The number of nitrogens with zero attached hydrogens (tertiary/aromatic N) is 1. The molecule has 3 nitrogen and oxygen atoms in total. The Morgan fingerprint density at radius 1 is 1.14 bits per heavy atom. The maximum absolute atomic E-state index is 9.04. The molecule has 1 N–H and O–H groups in total. The van der Waals surface area contributed by atoms with Crippen molar-refractivity contribution >= 4 is 0 Å². The molecule has 0 amide bonds. The van der Waals surface area contributed by atoms with Gasteiger partial charge < -0.3 is 14.7 Å². The molecule has 2 saturated heterocycles. The molecule has 1 atom stereocenters. The van der Waals surface area contributed by atoms with E-state index in [4.69, 9.17) is 9.84 Å². The first-order chi connectivity index (χ1) is 6.88. The van der Waals surface area contributed by atoms with Crippen molar-refractivity contribution in [3.63, 3.8) is 0 Å². The van der Waals surface area contributed by atoms with E-state index in [1.165, 1.54) is 32.4 Å². The number of hydrogen-bond donors (Lipinski definition) is 1. The SMILES string of the molecule is OCC1CCN(CC2CCOCC2)C1. The highest BCUT2D eigenvalue weighted by Gasteiger charge is 2.24. The van der Waals surface area contributed by atoms with Gasteiger partial charge in [0.25, 0.3) is 0 Å². The molecule has 0 aromatic rings. The number of aliphatic hydroxyl groups excluding tert-OH is 1. The van der Waals surface area contributed by atoms with Gasteiger partial charge in [0.1, 0.15) is 0 Å². The van der Waals surface area contributed by atoms with E-state index in [1.807, 2.05) is 0 Å². The second-order valence-electron chi connectivity index (χ2n) is 4.65. The van der Waals surface area contributed by atoms with E-state index in [9.17, 15) is 0 Å². The standard InChI is InChI=1S/C11H21NO2/c13-9-11-1-4-12(8-11)7-10-2-5-14-6-3-10/h10-11,13H,1-9H2. The van der Waals surface area contributed by atoms with Crippen molar-refractivity contribution in [1.82, 2.24) is 4.90 Å². The van der Waals surface area contributed by atoms with Gasteiger partial charge in [-0.15, -0.1) is 0 Å². The summed E-state index contributed by atoms with van der Waals surface area (Å²) in [6, 6.07) is 0. The molecule has 14 heavy (non-hydrogen) atoms. The van der Waals surface area contributed by atoms with Gasteiger partial charge in [0.05, 0.1) is 0 Å². The van der Waals surface area contributed by atoms with Crippen LogP contribution >= 0.6 is 0 Å². The third-order valence-electron chi connectivity index (χ3n) is 3.49. The van der Waals surface area contributed by atoms with Gasteiger partial charge in [-0.25, -0.2) is 0 Å². The quantitative estimate of drug-likeness (QED) is 0.727. The molecule has 2 aliphatic rings. The second-order valence-corrected chi connectivity index (χ2v) is 4.65. The first-order valence-corrected chi connectivity index (χ1v) is 5.79. The van der Waals surface area contributed by atoms with Gasteiger partial charge in [0.2, 0.25) is 0 Å². The van der Waals surface area contributed by atoms with E-state index in [1.54, 1.807) is 0 Å². The lowest BCUT2D eigenvalue weighted by atomic mass is 10.00. The minimum atomic E-state index is 0.365. The highest BCUT2D eigenvalue weighted by molar-refractivity contribution is 4.77. The second kappa shape index (κ2) is 5.10. The van der Waals surface area contributed by atoms with Crippen molar-refractivity contribution in [3.8, 4) is 0 Å². The summed E-state index contributed by atoms with van der Waals surface area (Å²) in [5.41, 5.74) is 0. The van der Waals surface area contributed by atoms with Crippen LogP contribution in [0, 0.1) is 11.8 Å². The van der Waals surface area contributed by atoms with Crippen molar-refractivity contribution in [3.05, 3.63) is 0 Å². The van der Waals surface area contributed by atoms with Crippen LogP contribution < -0.4 is 0 Å². The molecule has 2 fully saturated rings. The van der Waals surface area contributed by atoms with Crippen LogP contribution in [-0.2, 0) is 4.74 Å². The van der Waals surface area contributed by atoms with Crippen LogP contribution in [-0.4, -0.2) is 49.5 Å². The smallest absolute Gasteiger partial charge is 0.0471 e. The van der Waals surface area contributed by atoms with Crippen LogP contribution in [0.2, 0.25) is 0 Å². The van der Waals surface area contributed by atoms with Gasteiger partial charge in [-0.3, -0.25) is 0 Å². The zero-order chi connectivity index (χ0) is 9.80. The highest BCUT2D eigenvalue weighted by atomic mass is 16.5. The fraction of sp³-hybridized carbons (Fsp3) is 1.00. The first kappa shape index (κ1) is 10.4. The first-order valence-electron chi connectivity index (χ1n) is 5.79. The average Bonchev–Trinajstić information content (AvgIpc) is 2.67. The van der Waals surface area contributed by atoms with Gasteiger partial charge in [-0.2, -0.15) is 0 Å². The minimum Gasteiger partial charge on any atom is -0.396 e. The maximum Gasteiger partial charge on any atom is 0.0471 e. The zero-order valence-corrected chi connectivity index (χ0v) is 8.82. The fourth-order valence-electron chi connectivity index (χ4n) is 2.52. The van der Waals surface area contributed by atoms with Crippen molar-refractivity contribution in [2.45, 2.75) is 19.3 Å². The van der Waals surface area contributed by atoms with E-state index in [2.05, 4.69) is 4.90 Å². The summed E-state index contributed by atoms with van der Waals surface area (Å²) in [6.07, 6.45) is 3.63. The monoisotopic (exact) mass is 199 g/mol. The molecule has 0 aromatic heterocycles. The highest BCUT2D eigenvalue weighted by Crippen LogP contribution is 2.21. The summed E-state index contributed by atoms with van der Waals surface area (Å²) >= 11 is 0. The summed E-state index contributed by atoms with van der Waals surface area (Å²) in [4.78, 5) is 2.51. The van der Waals surface area contributed by atoms with Gasteiger partial charge in [0, 0.05) is 32.9 Å². The minimum absolute atomic E-state index is 0.365. The van der Waals surface area contributed by atoms with E-state index in [0.717, 1.165) is 25.7 Å². The van der Waals surface area contributed by atoms with Gasteiger partial charge in [0.15, 0.2) is 0 Å². The average molecular weight is 199 g/mol. The molecule has 0 spiro atoms. The number of rotatable bonds is 3. The molecular formula is C11H21NO2. The summed E-state index contributed by atoms with van der Waals surface area (Å²) in [5.74, 6) is 1.37. The van der Waals surface area contributed by atoms with Gasteiger partial charge in [-0.1, -0.05) is 0 Å². The lowest BCUT2D eigenvalue weighted by Crippen LogP contribution is -2.31. The van der Waals surface area contributed by atoms with Crippen LogP contribution in [0.3, 0.4) is 0 Å². The Kier molecular flexibility index (Phi) is 3.79. The summed E-state index contributed by atoms with van der Waals surface area (Å²) in [7, 11) is 0. The predicted octanol–water partition coefficient (Wildman–Crippen LogP) is 0.727. The van der Waals surface area contributed by atoms with Crippen LogP contribution in [0.4, 0.5) is 0 Å². The number of hydrogen-bond acceptors (Lipinski definition) is 3. The number of aliphatic hydroxyl groups is 1. The molecule has 0 aromatic carbocycles. The molecule has 2 heterocycles. The van der Waals surface area contributed by atoms with Crippen LogP contribution in [0.25, 0.3) is 0 Å². The van der Waals surface area contributed by atoms with Gasteiger partial charge in [-0.05, 0) is 37.6 Å². The normalized spacial score (nSPS) is 31.1. The third-order valence-corrected chi connectivity index (χ3v) is 3.49. The Labute approximate surface area is 86.0 Å². The molecular weight excluding hydrogens is 178 g/mol. The molecule has 0 bridgehead atoms. The van der Waals surface area contributed by atoms with E-state index >= 15 is 0 Å². The molecule has 3 heteroatoms. The van der Waals surface area contributed by atoms with Crippen molar-refractivity contribution < 1.29 is 9.84 Å². The Hall–Kier alpha value is -0.120. The van der Waals surface area contributed by atoms with Crippen molar-refractivity contribution in [2.24, 2.45) is 11.8 Å². The Bertz CT molecular complexity index is 169. The molecule has 0 aliphatic carbocycles. The third kappa shape index (κ3) is 2.69. The number of likely N-dealkylation sites (tertiary alicyclic amines) is 1.